The van der Waals surface area contributed by atoms with Gasteiger partial charge in [-0.15, -0.1) is 0 Å². The minimum absolute atomic E-state index is 0.00624. The normalized spacial score (nSPS) is 20.3. The fraction of sp³-hybridized carbons (Fsp3) is 0.529. The van der Waals surface area contributed by atoms with Crippen LogP contribution < -0.4 is 4.90 Å². The molecular formula is C17H24N2O3. The van der Waals surface area contributed by atoms with Gasteiger partial charge < -0.3 is 9.64 Å². The molecule has 0 aliphatic carbocycles. The highest BCUT2D eigenvalue weighted by atomic mass is 16.5. The maximum atomic E-state index is 12.8. The summed E-state index contributed by atoms with van der Waals surface area (Å²) < 4.78 is 4.93. The Hall–Kier alpha value is -2.04. The number of hydrogen-bond donors (Lipinski definition) is 0. The number of ether oxygens (including phenoxy) is 1. The Balaban J connectivity index is 2.44. The molecular weight excluding hydrogens is 280 g/mol. The Kier molecular flexibility index (Phi) is 5.06. The summed E-state index contributed by atoms with van der Waals surface area (Å²) in [4.78, 5) is 28.5. The van der Waals surface area contributed by atoms with E-state index in [0.29, 0.717) is 19.5 Å². The number of nitrogens with zero attached hydrogens (tertiary/aromatic N) is 2. The SMILES string of the molecule is CCN(CC)C(=O)N1c2ccccc2C(C(=O)OC)CC1C. The van der Waals surface area contributed by atoms with E-state index in [9.17, 15) is 9.59 Å². The monoisotopic (exact) mass is 304 g/mol. The number of esters is 1. The van der Waals surface area contributed by atoms with Gasteiger partial charge in [0.15, 0.2) is 0 Å². The number of amides is 2. The molecule has 0 saturated heterocycles. The minimum atomic E-state index is -0.308. The predicted molar refractivity (Wildman–Crippen MR) is 86.1 cm³/mol. The molecule has 0 bridgehead atoms. The van der Waals surface area contributed by atoms with Gasteiger partial charge in [-0.3, -0.25) is 9.69 Å². The summed E-state index contributed by atoms with van der Waals surface area (Å²) in [5.41, 5.74) is 1.68. The van der Waals surface area contributed by atoms with Crippen molar-refractivity contribution in [3.63, 3.8) is 0 Å². The third-order valence-electron chi connectivity index (χ3n) is 4.32. The number of carbonyl (C=O) groups is 2. The van der Waals surface area contributed by atoms with Gasteiger partial charge in [0.05, 0.1) is 13.0 Å². The summed E-state index contributed by atoms with van der Waals surface area (Å²) in [6, 6.07) is 7.55. The summed E-state index contributed by atoms with van der Waals surface area (Å²) >= 11 is 0. The number of carbonyl (C=O) groups excluding carboxylic acids is 2. The molecule has 0 saturated carbocycles. The fourth-order valence-corrected chi connectivity index (χ4v) is 3.12. The lowest BCUT2D eigenvalue weighted by molar-refractivity contribution is -0.142. The molecule has 1 aromatic rings. The smallest absolute Gasteiger partial charge is 0.324 e. The van der Waals surface area contributed by atoms with Gasteiger partial charge in [-0.1, -0.05) is 18.2 Å². The molecule has 0 N–H and O–H groups in total. The van der Waals surface area contributed by atoms with Gasteiger partial charge >= 0.3 is 12.0 Å². The second-order valence-electron chi connectivity index (χ2n) is 5.54. The highest BCUT2D eigenvalue weighted by Gasteiger charge is 2.38. The van der Waals surface area contributed by atoms with Crippen LogP contribution in [0, 0.1) is 0 Å². The van der Waals surface area contributed by atoms with E-state index in [2.05, 4.69) is 0 Å². The molecule has 120 valence electrons. The van der Waals surface area contributed by atoms with Crippen LogP contribution in [0.15, 0.2) is 24.3 Å². The second-order valence-corrected chi connectivity index (χ2v) is 5.54. The van der Waals surface area contributed by atoms with Gasteiger partial charge in [0.25, 0.3) is 0 Å². The molecule has 1 heterocycles. The van der Waals surface area contributed by atoms with E-state index in [1.165, 1.54) is 7.11 Å². The van der Waals surface area contributed by atoms with Crippen molar-refractivity contribution in [2.24, 2.45) is 0 Å². The molecule has 5 nitrogen and oxygen atoms in total. The molecule has 0 radical (unpaired) electrons. The van der Waals surface area contributed by atoms with E-state index in [0.717, 1.165) is 11.3 Å². The lowest BCUT2D eigenvalue weighted by Gasteiger charge is -2.40. The minimum Gasteiger partial charge on any atom is -0.469 e. The molecule has 2 amide bonds. The van der Waals surface area contributed by atoms with Crippen LogP contribution in [0.1, 0.15) is 38.7 Å². The van der Waals surface area contributed by atoms with Crippen LogP contribution in [0.25, 0.3) is 0 Å². The van der Waals surface area contributed by atoms with Crippen molar-refractivity contribution < 1.29 is 14.3 Å². The van der Waals surface area contributed by atoms with Gasteiger partial charge in [0, 0.05) is 24.8 Å². The van der Waals surface area contributed by atoms with Crippen LogP contribution in [-0.2, 0) is 9.53 Å². The van der Waals surface area contributed by atoms with Crippen molar-refractivity contribution in [2.45, 2.75) is 39.2 Å². The summed E-state index contributed by atoms with van der Waals surface area (Å²) in [5.74, 6) is -0.550. The first-order valence-corrected chi connectivity index (χ1v) is 7.79. The first kappa shape index (κ1) is 16.3. The third kappa shape index (κ3) is 2.80. The second kappa shape index (κ2) is 6.81. The fourth-order valence-electron chi connectivity index (χ4n) is 3.12. The van der Waals surface area contributed by atoms with Gasteiger partial charge in [0.2, 0.25) is 0 Å². The molecule has 0 fully saturated rings. The first-order chi connectivity index (χ1) is 10.5. The molecule has 2 rings (SSSR count). The summed E-state index contributed by atoms with van der Waals surface area (Å²) in [5, 5.41) is 0. The maximum Gasteiger partial charge on any atom is 0.324 e. The topological polar surface area (TPSA) is 49.9 Å². The van der Waals surface area contributed by atoms with Gasteiger partial charge in [-0.2, -0.15) is 0 Å². The molecule has 1 aliphatic heterocycles. The summed E-state index contributed by atoms with van der Waals surface area (Å²) in [6.45, 7) is 7.26. The molecule has 0 aromatic heterocycles. The number of benzene rings is 1. The van der Waals surface area contributed by atoms with Crippen LogP contribution in [0.4, 0.5) is 10.5 Å². The number of para-hydroxylation sites is 1. The zero-order valence-corrected chi connectivity index (χ0v) is 13.7. The van der Waals surface area contributed by atoms with Crippen molar-refractivity contribution in [1.82, 2.24) is 4.90 Å². The van der Waals surface area contributed by atoms with Crippen LogP contribution in [0.5, 0.6) is 0 Å². The van der Waals surface area contributed by atoms with E-state index in [4.69, 9.17) is 4.74 Å². The Bertz CT molecular complexity index is 555. The molecule has 22 heavy (non-hydrogen) atoms. The number of anilines is 1. The first-order valence-electron chi connectivity index (χ1n) is 7.79. The molecule has 5 heteroatoms. The quantitative estimate of drug-likeness (QED) is 0.807. The van der Waals surface area contributed by atoms with Crippen LogP contribution in [0.3, 0.4) is 0 Å². The summed E-state index contributed by atoms with van der Waals surface area (Å²) in [6.07, 6.45) is 0.580. The highest BCUT2D eigenvalue weighted by molar-refractivity contribution is 5.96. The van der Waals surface area contributed by atoms with E-state index in [1.54, 1.807) is 4.90 Å². The number of rotatable bonds is 3. The van der Waals surface area contributed by atoms with Gasteiger partial charge in [-0.05, 0) is 38.8 Å². The van der Waals surface area contributed by atoms with Gasteiger partial charge in [-0.25, -0.2) is 4.79 Å². The average molecular weight is 304 g/mol. The number of urea groups is 1. The number of methoxy groups -OCH3 is 1. The van der Waals surface area contributed by atoms with Crippen molar-refractivity contribution in [1.29, 1.82) is 0 Å². The largest absolute Gasteiger partial charge is 0.469 e. The van der Waals surface area contributed by atoms with Crippen LogP contribution in [0.2, 0.25) is 0 Å². The lowest BCUT2D eigenvalue weighted by Crippen LogP contribution is -2.50. The molecule has 1 aromatic carbocycles. The van der Waals surface area contributed by atoms with Crippen molar-refractivity contribution in [3.8, 4) is 0 Å². The Morgan fingerprint density at radius 3 is 2.50 bits per heavy atom. The standard InChI is InChI=1S/C17H24N2O3/c1-5-18(6-2)17(21)19-12(3)11-14(16(20)22-4)13-9-7-8-10-15(13)19/h7-10,12,14H,5-6,11H2,1-4H3. The van der Waals surface area contributed by atoms with Crippen molar-refractivity contribution in [3.05, 3.63) is 29.8 Å². The molecule has 0 spiro atoms. The zero-order valence-electron chi connectivity index (χ0n) is 13.7. The lowest BCUT2D eigenvalue weighted by atomic mass is 9.86. The predicted octanol–water partition coefficient (Wildman–Crippen LogP) is 3.00. The highest BCUT2D eigenvalue weighted by Crippen LogP contribution is 2.39. The van der Waals surface area contributed by atoms with E-state index >= 15 is 0 Å². The van der Waals surface area contributed by atoms with E-state index in [-0.39, 0.29) is 24.0 Å². The maximum absolute atomic E-state index is 12.8. The Morgan fingerprint density at radius 2 is 1.91 bits per heavy atom. The van der Waals surface area contributed by atoms with Crippen LogP contribution in [-0.4, -0.2) is 43.1 Å². The molecule has 2 atom stereocenters. The van der Waals surface area contributed by atoms with Crippen LogP contribution >= 0.6 is 0 Å². The number of hydrogen-bond acceptors (Lipinski definition) is 3. The Morgan fingerprint density at radius 1 is 1.27 bits per heavy atom. The summed E-state index contributed by atoms with van der Waals surface area (Å²) in [7, 11) is 1.41. The van der Waals surface area contributed by atoms with E-state index in [1.807, 2.05) is 49.9 Å². The Labute approximate surface area is 131 Å². The molecule has 1 aliphatic rings. The van der Waals surface area contributed by atoms with Crippen molar-refractivity contribution >= 4 is 17.7 Å². The zero-order chi connectivity index (χ0) is 16.3. The van der Waals surface area contributed by atoms with E-state index < -0.39 is 0 Å². The number of fused-ring (bicyclic) bond motifs is 1. The average Bonchev–Trinajstić information content (AvgIpc) is 2.54. The molecule has 2 unspecified atom stereocenters. The van der Waals surface area contributed by atoms with Crippen molar-refractivity contribution in [2.75, 3.05) is 25.1 Å². The third-order valence-corrected chi connectivity index (χ3v) is 4.32. The van der Waals surface area contributed by atoms with Gasteiger partial charge in [0.1, 0.15) is 0 Å².